The van der Waals surface area contributed by atoms with Gasteiger partial charge in [0.1, 0.15) is 5.69 Å². The lowest BCUT2D eigenvalue weighted by Gasteiger charge is -2.23. The summed E-state index contributed by atoms with van der Waals surface area (Å²) in [4.78, 5) is 25.0. The molecule has 0 saturated carbocycles. The zero-order valence-corrected chi connectivity index (χ0v) is 15.7. The lowest BCUT2D eigenvalue weighted by atomic mass is 10.1. The number of hydrogen-bond acceptors (Lipinski definition) is 6. The Morgan fingerprint density at radius 1 is 1.14 bits per heavy atom. The Morgan fingerprint density at radius 3 is 2.68 bits per heavy atom. The third kappa shape index (κ3) is 3.17. The lowest BCUT2D eigenvalue weighted by molar-refractivity contribution is 0.101. The molecular weight excluding hydrogens is 352 g/mol. The molecule has 2 unspecified atom stereocenters. The van der Waals surface area contributed by atoms with Crippen LogP contribution in [-0.2, 0) is 0 Å². The average molecular weight is 373 g/mol. The van der Waals surface area contributed by atoms with Gasteiger partial charge < -0.3 is 5.32 Å². The number of anilines is 1. The van der Waals surface area contributed by atoms with Gasteiger partial charge in [-0.2, -0.15) is 15.8 Å². The van der Waals surface area contributed by atoms with Crippen LogP contribution in [0.1, 0.15) is 35.8 Å². The number of carbonyl (C=O) groups excluding carboxylic acids is 1. The molecule has 3 aromatic rings. The first-order valence-electron chi connectivity index (χ1n) is 9.00. The number of rotatable bonds is 5. The maximum Gasteiger partial charge on any atom is 0.263 e. The van der Waals surface area contributed by atoms with Crippen molar-refractivity contribution in [2.45, 2.75) is 19.9 Å². The number of nitrogens with one attached hydrogen (secondary N) is 1. The van der Waals surface area contributed by atoms with Crippen molar-refractivity contribution in [2.75, 3.05) is 5.32 Å². The van der Waals surface area contributed by atoms with E-state index in [2.05, 4.69) is 32.4 Å². The molecule has 1 aliphatic heterocycles. The van der Waals surface area contributed by atoms with E-state index in [1.807, 2.05) is 31.2 Å². The highest BCUT2D eigenvalue weighted by Gasteiger charge is 2.38. The van der Waals surface area contributed by atoms with Gasteiger partial charge in [-0.25, -0.2) is 4.98 Å². The Balaban J connectivity index is 1.64. The number of fused-ring (bicyclic) bond motifs is 1. The number of nitrogens with two attached hydrogens (primary N) is 1. The first-order valence-corrected chi connectivity index (χ1v) is 9.00. The number of ketones is 1. The SMILES string of the molecule is CC(=O)c1ccc2c(c1)N=C[N+]2(N)c1ccnc(NC(C)c2ccccc2)n1. The number of nitrogens with zero attached hydrogens (tertiary/aromatic N) is 4. The maximum atomic E-state index is 11.6. The second kappa shape index (κ2) is 6.95. The van der Waals surface area contributed by atoms with Crippen molar-refractivity contribution in [1.82, 2.24) is 14.6 Å². The van der Waals surface area contributed by atoms with Crippen molar-refractivity contribution in [3.05, 3.63) is 71.9 Å². The topological polar surface area (TPSA) is 93.3 Å². The number of quaternary nitrogens is 1. The maximum absolute atomic E-state index is 11.6. The van der Waals surface area contributed by atoms with E-state index in [0.29, 0.717) is 23.0 Å². The van der Waals surface area contributed by atoms with E-state index in [4.69, 9.17) is 5.84 Å². The van der Waals surface area contributed by atoms with Crippen LogP contribution in [0, 0.1) is 0 Å². The monoisotopic (exact) mass is 373 g/mol. The minimum atomic E-state index is -0.176. The fraction of sp³-hybridized carbons (Fsp3) is 0.143. The summed E-state index contributed by atoms with van der Waals surface area (Å²) >= 11 is 0. The molecule has 0 fully saturated rings. The highest BCUT2D eigenvalue weighted by molar-refractivity contribution is 5.99. The van der Waals surface area contributed by atoms with Gasteiger partial charge in [0.2, 0.25) is 12.3 Å². The van der Waals surface area contributed by atoms with Gasteiger partial charge in [0.05, 0.1) is 6.04 Å². The first kappa shape index (κ1) is 18.0. The largest absolute Gasteiger partial charge is 0.348 e. The van der Waals surface area contributed by atoms with Crippen LogP contribution in [-0.4, -0.2) is 22.1 Å². The number of carbonyl (C=O) groups is 1. The lowest BCUT2D eigenvalue weighted by Crippen LogP contribution is -2.49. The van der Waals surface area contributed by atoms with Crippen molar-refractivity contribution in [3.63, 3.8) is 0 Å². The van der Waals surface area contributed by atoms with Gasteiger partial charge in [-0.05, 0) is 31.5 Å². The quantitative estimate of drug-likeness (QED) is 0.400. The highest BCUT2D eigenvalue weighted by atomic mass is 16.1. The minimum absolute atomic E-state index is 0.0107. The normalized spacial score (nSPS) is 18.5. The molecule has 0 bridgehead atoms. The fourth-order valence-corrected chi connectivity index (χ4v) is 3.20. The molecule has 0 aliphatic carbocycles. The van der Waals surface area contributed by atoms with Crippen LogP contribution in [0.15, 0.2) is 65.8 Å². The summed E-state index contributed by atoms with van der Waals surface area (Å²) in [7, 11) is 0. The van der Waals surface area contributed by atoms with Crippen LogP contribution < -0.4 is 15.8 Å². The van der Waals surface area contributed by atoms with Crippen LogP contribution in [0.2, 0.25) is 0 Å². The van der Waals surface area contributed by atoms with Crippen LogP contribution >= 0.6 is 0 Å². The van der Waals surface area contributed by atoms with Gasteiger partial charge in [0.15, 0.2) is 11.5 Å². The summed E-state index contributed by atoms with van der Waals surface area (Å²) in [5.74, 6) is 7.67. The minimum Gasteiger partial charge on any atom is -0.348 e. The third-order valence-electron chi connectivity index (χ3n) is 4.82. The van der Waals surface area contributed by atoms with Crippen molar-refractivity contribution in [3.8, 4) is 0 Å². The first-order chi connectivity index (χ1) is 13.5. The Hall–Kier alpha value is -3.42. The van der Waals surface area contributed by atoms with Crippen molar-refractivity contribution >= 4 is 35.3 Å². The summed E-state index contributed by atoms with van der Waals surface area (Å²) in [5, 5.41) is 3.31. The second-order valence-corrected chi connectivity index (χ2v) is 6.80. The molecule has 7 heteroatoms. The zero-order chi connectivity index (χ0) is 19.7. The Bertz CT molecular complexity index is 1070. The molecule has 4 rings (SSSR count). The molecule has 1 aliphatic rings. The van der Waals surface area contributed by atoms with Crippen LogP contribution in [0.5, 0.6) is 0 Å². The molecule has 3 N–H and O–H groups in total. The molecule has 2 aromatic carbocycles. The van der Waals surface area contributed by atoms with Crippen LogP contribution in [0.4, 0.5) is 23.1 Å². The van der Waals surface area contributed by atoms with Crippen LogP contribution in [0.25, 0.3) is 0 Å². The molecule has 140 valence electrons. The Morgan fingerprint density at radius 2 is 1.93 bits per heavy atom. The van der Waals surface area contributed by atoms with E-state index >= 15 is 0 Å². The fourth-order valence-electron chi connectivity index (χ4n) is 3.20. The smallest absolute Gasteiger partial charge is 0.263 e. The molecule has 7 nitrogen and oxygen atoms in total. The molecular formula is C21H21N6O+. The number of Topliss-reactive ketones (excluding diaryl/α,β-unsaturated/α-hetero) is 1. The average Bonchev–Trinajstić information content (AvgIpc) is 3.06. The molecule has 0 spiro atoms. The Labute approximate surface area is 163 Å². The van der Waals surface area contributed by atoms with Gasteiger partial charge in [-0.15, -0.1) is 4.59 Å². The molecule has 1 aromatic heterocycles. The van der Waals surface area contributed by atoms with Crippen molar-refractivity contribution in [1.29, 1.82) is 0 Å². The molecule has 2 heterocycles. The zero-order valence-electron chi connectivity index (χ0n) is 15.7. The van der Waals surface area contributed by atoms with Gasteiger partial charge >= 0.3 is 0 Å². The van der Waals surface area contributed by atoms with E-state index in [1.54, 1.807) is 30.7 Å². The van der Waals surface area contributed by atoms with Crippen molar-refractivity contribution in [2.24, 2.45) is 10.8 Å². The van der Waals surface area contributed by atoms with E-state index in [0.717, 1.165) is 11.3 Å². The molecule has 0 radical (unpaired) electrons. The van der Waals surface area contributed by atoms with Gasteiger partial charge in [0.25, 0.3) is 5.82 Å². The van der Waals surface area contributed by atoms with E-state index < -0.39 is 0 Å². The third-order valence-corrected chi connectivity index (χ3v) is 4.82. The standard InChI is InChI=1S/C21H21N6O/c1-14(16-6-4-3-5-7-16)25-21-23-11-10-20(26-21)27(22)13-24-18-12-17(15(2)28)8-9-19(18)27/h3-14H,22H2,1-2H3,(H,23,25,26)/q+1. The second-order valence-electron chi connectivity index (χ2n) is 6.80. The summed E-state index contributed by atoms with van der Waals surface area (Å²) in [5.41, 5.74) is 3.16. The van der Waals surface area contributed by atoms with E-state index in [9.17, 15) is 4.79 Å². The summed E-state index contributed by atoms with van der Waals surface area (Å²) in [6.45, 7) is 3.58. The van der Waals surface area contributed by atoms with Crippen LogP contribution in [0.3, 0.4) is 0 Å². The molecule has 28 heavy (non-hydrogen) atoms. The number of benzene rings is 2. The summed E-state index contributed by atoms with van der Waals surface area (Å²) in [6.07, 6.45) is 3.28. The summed E-state index contributed by atoms with van der Waals surface area (Å²) < 4.78 is -0.176. The predicted molar refractivity (Wildman–Crippen MR) is 111 cm³/mol. The number of aliphatic imine (C=N–C) groups is 1. The number of hydrogen-bond donors (Lipinski definition) is 2. The highest BCUT2D eigenvalue weighted by Crippen LogP contribution is 2.41. The number of aromatic nitrogens is 2. The molecule has 2 atom stereocenters. The van der Waals surface area contributed by atoms with Crippen molar-refractivity contribution < 1.29 is 4.79 Å². The Kier molecular flexibility index (Phi) is 4.46. The van der Waals surface area contributed by atoms with Gasteiger partial charge in [0, 0.05) is 23.9 Å². The predicted octanol–water partition coefficient (Wildman–Crippen LogP) is 4.04. The molecule has 0 saturated heterocycles. The van der Waals surface area contributed by atoms with E-state index in [-0.39, 0.29) is 16.4 Å². The molecule has 0 amide bonds. The van der Waals surface area contributed by atoms with Gasteiger partial charge in [-0.3, -0.25) is 4.79 Å². The van der Waals surface area contributed by atoms with Gasteiger partial charge in [-0.1, -0.05) is 30.3 Å². The summed E-state index contributed by atoms with van der Waals surface area (Å²) in [6, 6.07) is 17.2. The van der Waals surface area contributed by atoms with E-state index in [1.165, 1.54) is 6.92 Å².